The lowest BCUT2D eigenvalue weighted by Gasteiger charge is -2.41. The van der Waals surface area contributed by atoms with Gasteiger partial charge in [-0.3, -0.25) is 0 Å². The van der Waals surface area contributed by atoms with Gasteiger partial charge in [-0.25, -0.2) is 9.48 Å². The van der Waals surface area contributed by atoms with Crippen LogP contribution < -0.4 is 9.64 Å². The third-order valence-corrected chi connectivity index (χ3v) is 10.3. The van der Waals surface area contributed by atoms with E-state index in [4.69, 9.17) is 14.5 Å². The van der Waals surface area contributed by atoms with Gasteiger partial charge in [-0.2, -0.15) is 10.1 Å². The summed E-state index contributed by atoms with van der Waals surface area (Å²) in [6.45, 7) is 8.77. The lowest BCUT2D eigenvalue weighted by molar-refractivity contribution is 0.0786. The van der Waals surface area contributed by atoms with E-state index in [1.165, 1.54) is 0 Å². The maximum Gasteiger partial charge on any atom is 0.407 e. The highest BCUT2D eigenvalue weighted by atomic mass is 28.3. The van der Waals surface area contributed by atoms with Crippen molar-refractivity contribution in [1.29, 1.82) is 0 Å². The van der Waals surface area contributed by atoms with Crippen molar-refractivity contribution in [1.82, 2.24) is 19.7 Å². The van der Waals surface area contributed by atoms with E-state index in [0.29, 0.717) is 19.2 Å². The summed E-state index contributed by atoms with van der Waals surface area (Å²) in [4.78, 5) is 20.5. The molecule has 2 bridgehead atoms. The molecule has 40 heavy (non-hydrogen) atoms. The summed E-state index contributed by atoms with van der Waals surface area (Å²) in [6.07, 6.45) is 6.72. The first kappa shape index (κ1) is 26.8. The lowest BCUT2D eigenvalue weighted by Crippen LogP contribution is -2.51. The molecule has 1 aromatic carbocycles. The molecule has 3 atom stereocenters. The van der Waals surface area contributed by atoms with Gasteiger partial charge in [0.05, 0.1) is 6.20 Å². The standard InChI is InChI=1S/C30H39N5O4Si/c1-33(25-14-23-6-7-24(15-25)35(23)30(36)37)28-10-9-27-26-8-5-20(13-21(26)18-39-29(27)32-28)22-16-31-34(17-22)19-38-11-12-40(2,3)4/h5,8-10,13,16-17,23-25H,6-7,11-12,14-15,18-19H2,1-4H3,(H,36,37)/t23-,24+,25?. The second kappa shape index (κ2) is 10.6. The molecular weight excluding hydrogens is 522 g/mol. The molecule has 10 heteroatoms. The normalized spacial score (nSPS) is 21.5. The monoisotopic (exact) mass is 561 g/mol. The van der Waals surface area contributed by atoms with Gasteiger partial charge in [0.2, 0.25) is 5.88 Å². The van der Waals surface area contributed by atoms with Gasteiger partial charge in [0.15, 0.2) is 0 Å². The quantitative estimate of drug-likeness (QED) is 0.269. The lowest BCUT2D eigenvalue weighted by atomic mass is 9.95. The van der Waals surface area contributed by atoms with Gasteiger partial charge in [0.25, 0.3) is 0 Å². The second-order valence-electron chi connectivity index (χ2n) is 12.6. The Labute approximate surface area is 236 Å². The number of hydrogen-bond donors (Lipinski definition) is 1. The van der Waals surface area contributed by atoms with Crippen molar-refractivity contribution in [3.05, 3.63) is 48.3 Å². The predicted molar refractivity (Wildman–Crippen MR) is 157 cm³/mol. The number of benzene rings is 1. The number of ether oxygens (including phenoxy) is 2. The van der Waals surface area contributed by atoms with Crippen molar-refractivity contribution in [2.75, 3.05) is 18.6 Å². The Bertz CT molecular complexity index is 1390. The van der Waals surface area contributed by atoms with E-state index in [-0.39, 0.29) is 18.1 Å². The van der Waals surface area contributed by atoms with Gasteiger partial charge < -0.3 is 24.4 Å². The maximum absolute atomic E-state index is 11.7. The van der Waals surface area contributed by atoms with E-state index in [2.05, 4.69) is 67.0 Å². The van der Waals surface area contributed by atoms with Crippen molar-refractivity contribution in [2.24, 2.45) is 0 Å². The molecule has 0 aliphatic carbocycles. The van der Waals surface area contributed by atoms with E-state index in [1.54, 1.807) is 4.90 Å². The molecule has 0 radical (unpaired) electrons. The molecule has 1 unspecified atom stereocenters. The summed E-state index contributed by atoms with van der Waals surface area (Å²) in [5.74, 6) is 1.52. The fraction of sp³-hybridized carbons (Fsp3) is 0.500. The molecule has 2 aromatic heterocycles. The predicted octanol–water partition coefficient (Wildman–Crippen LogP) is 5.93. The first-order valence-corrected chi connectivity index (χ1v) is 18.0. The number of piperidine rings is 1. The average Bonchev–Trinajstić information content (AvgIpc) is 3.51. The molecule has 212 valence electrons. The first-order valence-electron chi connectivity index (χ1n) is 14.3. The third kappa shape index (κ3) is 5.34. The van der Waals surface area contributed by atoms with Crippen molar-refractivity contribution < 1.29 is 19.4 Å². The molecule has 3 aromatic rings. The molecule has 9 nitrogen and oxygen atoms in total. The Balaban J connectivity index is 1.13. The minimum atomic E-state index is -1.10. The van der Waals surface area contributed by atoms with Crippen LogP contribution in [0.15, 0.2) is 42.7 Å². The van der Waals surface area contributed by atoms with E-state index in [0.717, 1.165) is 72.0 Å². The zero-order valence-corrected chi connectivity index (χ0v) is 24.8. The van der Waals surface area contributed by atoms with Crippen LogP contribution >= 0.6 is 0 Å². The van der Waals surface area contributed by atoms with Gasteiger partial charge in [0, 0.05) is 57.2 Å². The van der Waals surface area contributed by atoms with Crippen LogP contribution in [0.5, 0.6) is 5.88 Å². The molecular formula is C30H39N5O4Si. The fourth-order valence-corrected chi connectivity index (χ4v) is 7.08. The Morgan fingerprint density at radius 1 is 1.12 bits per heavy atom. The Kier molecular flexibility index (Phi) is 7.08. The highest BCUT2D eigenvalue weighted by molar-refractivity contribution is 6.76. The van der Waals surface area contributed by atoms with Crippen molar-refractivity contribution in [3.8, 4) is 28.1 Å². The Hall–Kier alpha value is -3.37. The van der Waals surface area contributed by atoms with Crippen LogP contribution in [0.3, 0.4) is 0 Å². The Morgan fingerprint density at radius 3 is 2.60 bits per heavy atom. The second-order valence-corrected chi connectivity index (χ2v) is 18.2. The number of nitrogens with zero attached hydrogens (tertiary/aromatic N) is 5. The third-order valence-electron chi connectivity index (χ3n) is 8.63. The Morgan fingerprint density at radius 2 is 1.88 bits per heavy atom. The van der Waals surface area contributed by atoms with E-state index >= 15 is 0 Å². The minimum Gasteiger partial charge on any atom is -0.472 e. The highest BCUT2D eigenvalue weighted by Crippen LogP contribution is 2.41. The zero-order valence-electron chi connectivity index (χ0n) is 23.8. The van der Waals surface area contributed by atoms with Crippen LogP contribution in [0, 0.1) is 0 Å². The molecule has 2 saturated heterocycles. The van der Waals surface area contributed by atoms with Gasteiger partial charge in [-0.05, 0) is 66.6 Å². The van der Waals surface area contributed by atoms with E-state index < -0.39 is 14.2 Å². The molecule has 1 amide bonds. The number of pyridine rings is 1. The molecule has 3 aliphatic heterocycles. The van der Waals surface area contributed by atoms with Crippen LogP contribution in [0.25, 0.3) is 22.3 Å². The molecule has 6 rings (SSSR count). The number of fused-ring (bicyclic) bond motifs is 5. The van der Waals surface area contributed by atoms with Crippen LogP contribution in [-0.4, -0.2) is 70.7 Å². The average molecular weight is 562 g/mol. The van der Waals surface area contributed by atoms with Crippen LogP contribution in [0.4, 0.5) is 10.6 Å². The summed E-state index contributed by atoms with van der Waals surface area (Å²) in [5, 5.41) is 14.1. The number of carbonyl (C=O) groups is 1. The summed E-state index contributed by atoms with van der Waals surface area (Å²) < 4.78 is 13.9. The van der Waals surface area contributed by atoms with Crippen molar-refractivity contribution in [2.45, 2.75) is 82.8 Å². The summed E-state index contributed by atoms with van der Waals surface area (Å²) in [6, 6.07) is 12.2. The SMILES string of the molecule is CN(c1ccc2c(n1)OCc1cc(-c3cnn(COCC[Si](C)(C)C)c3)ccc1-2)C1C[C@H]2CC[C@@H](C1)N2C(=O)O. The minimum absolute atomic E-state index is 0.105. The number of hydrogen-bond acceptors (Lipinski definition) is 6. The molecule has 3 aliphatic rings. The largest absolute Gasteiger partial charge is 0.472 e. The molecule has 5 heterocycles. The smallest absolute Gasteiger partial charge is 0.407 e. The number of anilines is 1. The summed E-state index contributed by atoms with van der Waals surface area (Å²) in [7, 11) is 0.965. The van der Waals surface area contributed by atoms with Gasteiger partial charge in [0.1, 0.15) is 19.2 Å². The maximum atomic E-state index is 11.7. The summed E-state index contributed by atoms with van der Waals surface area (Å²) >= 11 is 0. The van der Waals surface area contributed by atoms with Crippen LogP contribution in [0.1, 0.15) is 31.2 Å². The van der Waals surface area contributed by atoms with Gasteiger partial charge in [-0.15, -0.1) is 0 Å². The topological polar surface area (TPSA) is 93.0 Å². The van der Waals surface area contributed by atoms with Crippen molar-refractivity contribution >= 4 is 20.0 Å². The molecule has 2 fully saturated rings. The fourth-order valence-electron chi connectivity index (χ4n) is 6.33. The van der Waals surface area contributed by atoms with Gasteiger partial charge in [-0.1, -0.05) is 31.8 Å². The number of rotatable bonds is 8. The van der Waals surface area contributed by atoms with E-state index in [1.807, 2.05) is 17.1 Å². The van der Waals surface area contributed by atoms with Crippen molar-refractivity contribution in [3.63, 3.8) is 0 Å². The number of amides is 1. The number of aromatic nitrogens is 3. The molecule has 1 N–H and O–H groups in total. The molecule has 0 saturated carbocycles. The van der Waals surface area contributed by atoms with Crippen LogP contribution in [0.2, 0.25) is 25.7 Å². The van der Waals surface area contributed by atoms with E-state index in [9.17, 15) is 9.90 Å². The highest BCUT2D eigenvalue weighted by Gasteiger charge is 2.44. The summed E-state index contributed by atoms with van der Waals surface area (Å²) in [5.41, 5.74) is 5.43. The zero-order chi connectivity index (χ0) is 28.0. The first-order chi connectivity index (χ1) is 19.2. The van der Waals surface area contributed by atoms with Gasteiger partial charge >= 0.3 is 6.09 Å². The molecule has 0 spiro atoms. The van der Waals surface area contributed by atoms with Crippen LogP contribution in [-0.2, 0) is 18.1 Å². The number of carboxylic acid groups (broad SMARTS) is 1.